The molecule has 2 aromatic carbocycles. The Balaban J connectivity index is 1.67. The van der Waals surface area contributed by atoms with E-state index in [1.54, 1.807) is 50.1 Å². The molecule has 2 amide bonds. The van der Waals surface area contributed by atoms with Crippen LogP contribution in [0.15, 0.2) is 42.5 Å². The van der Waals surface area contributed by atoms with Crippen molar-refractivity contribution in [2.45, 2.75) is 33.3 Å². The fourth-order valence-corrected chi connectivity index (χ4v) is 3.34. The summed E-state index contributed by atoms with van der Waals surface area (Å²) in [6.07, 6.45) is -0.0754. The number of methoxy groups -OCH3 is 1. The molecule has 1 aliphatic heterocycles. The van der Waals surface area contributed by atoms with Gasteiger partial charge in [-0.25, -0.2) is 4.79 Å². The Hall–Kier alpha value is -3.35. The molecule has 1 fully saturated rings. The monoisotopic (exact) mass is 410 g/mol. The van der Waals surface area contributed by atoms with Gasteiger partial charge >= 0.3 is 5.97 Å². The zero-order valence-electron chi connectivity index (χ0n) is 17.6. The van der Waals surface area contributed by atoms with Crippen molar-refractivity contribution in [2.75, 3.05) is 23.9 Å². The van der Waals surface area contributed by atoms with Crippen LogP contribution < -0.4 is 15.0 Å². The predicted octanol–water partition coefficient (Wildman–Crippen LogP) is 3.56. The fraction of sp³-hybridized carbons (Fsp3) is 0.348. The van der Waals surface area contributed by atoms with E-state index in [1.165, 1.54) is 0 Å². The summed E-state index contributed by atoms with van der Waals surface area (Å²) in [5.41, 5.74) is 2.64. The molecule has 1 atom stereocenters. The van der Waals surface area contributed by atoms with Crippen molar-refractivity contribution in [2.24, 2.45) is 5.92 Å². The number of esters is 1. The quantitative estimate of drug-likeness (QED) is 0.736. The van der Waals surface area contributed by atoms with Crippen molar-refractivity contribution in [3.05, 3.63) is 53.6 Å². The molecule has 0 radical (unpaired) electrons. The molecule has 1 N–H and O–H groups in total. The van der Waals surface area contributed by atoms with E-state index in [9.17, 15) is 14.4 Å². The van der Waals surface area contributed by atoms with Gasteiger partial charge in [-0.2, -0.15) is 0 Å². The first kappa shape index (κ1) is 21.4. The van der Waals surface area contributed by atoms with Gasteiger partial charge in [-0.3, -0.25) is 9.59 Å². The number of rotatable bonds is 6. The Morgan fingerprint density at radius 2 is 1.83 bits per heavy atom. The summed E-state index contributed by atoms with van der Waals surface area (Å²) < 4.78 is 10.5. The van der Waals surface area contributed by atoms with E-state index in [0.717, 1.165) is 5.56 Å². The van der Waals surface area contributed by atoms with Crippen molar-refractivity contribution in [3.8, 4) is 5.75 Å². The van der Waals surface area contributed by atoms with Crippen molar-refractivity contribution in [1.82, 2.24) is 0 Å². The van der Waals surface area contributed by atoms with Crippen molar-refractivity contribution >= 4 is 29.2 Å². The SMILES string of the molecule is COc1ccc(C)cc1N1CC(C(=O)Nc2ccc(C(=O)OC(C)C)cc2)CC1=O. The van der Waals surface area contributed by atoms with Gasteiger partial charge in [0, 0.05) is 18.7 Å². The molecule has 158 valence electrons. The first-order valence-corrected chi connectivity index (χ1v) is 9.85. The minimum Gasteiger partial charge on any atom is -0.495 e. The number of aryl methyl sites for hydroxylation is 1. The number of anilines is 2. The number of nitrogens with one attached hydrogen (secondary N) is 1. The third-order valence-corrected chi connectivity index (χ3v) is 4.85. The van der Waals surface area contributed by atoms with E-state index in [-0.39, 0.29) is 30.9 Å². The number of hydrogen-bond donors (Lipinski definition) is 1. The van der Waals surface area contributed by atoms with E-state index in [0.29, 0.717) is 22.7 Å². The molecule has 0 aromatic heterocycles. The average Bonchev–Trinajstić information content (AvgIpc) is 3.09. The molecule has 7 heteroatoms. The lowest BCUT2D eigenvalue weighted by Crippen LogP contribution is -2.28. The molecular formula is C23H26N2O5. The molecule has 1 saturated heterocycles. The van der Waals surface area contributed by atoms with Crippen molar-refractivity contribution in [1.29, 1.82) is 0 Å². The van der Waals surface area contributed by atoms with Gasteiger partial charge < -0.3 is 19.7 Å². The average molecular weight is 410 g/mol. The second-order valence-electron chi connectivity index (χ2n) is 7.60. The normalized spacial score (nSPS) is 16.0. The largest absolute Gasteiger partial charge is 0.495 e. The van der Waals surface area contributed by atoms with Gasteiger partial charge in [0.15, 0.2) is 0 Å². The number of hydrogen-bond acceptors (Lipinski definition) is 5. The van der Waals surface area contributed by atoms with E-state index in [2.05, 4.69) is 5.32 Å². The topological polar surface area (TPSA) is 84.9 Å². The maximum atomic E-state index is 12.7. The third kappa shape index (κ3) is 4.79. The van der Waals surface area contributed by atoms with Gasteiger partial charge in [0.05, 0.1) is 30.4 Å². The molecule has 1 unspecified atom stereocenters. The van der Waals surface area contributed by atoms with Gasteiger partial charge in [-0.15, -0.1) is 0 Å². The Morgan fingerprint density at radius 3 is 2.47 bits per heavy atom. The van der Waals surface area contributed by atoms with Crippen LogP contribution in [0.5, 0.6) is 5.75 Å². The Kier molecular flexibility index (Phi) is 6.40. The second kappa shape index (κ2) is 8.98. The highest BCUT2D eigenvalue weighted by Crippen LogP contribution is 2.34. The zero-order valence-corrected chi connectivity index (χ0v) is 17.6. The summed E-state index contributed by atoms with van der Waals surface area (Å²) in [5, 5.41) is 2.82. The van der Waals surface area contributed by atoms with Crippen LogP contribution >= 0.6 is 0 Å². The highest BCUT2D eigenvalue weighted by molar-refractivity contribution is 6.04. The first-order valence-electron chi connectivity index (χ1n) is 9.85. The molecule has 0 aliphatic carbocycles. The van der Waals surface area contributed by atoms with E-state index in [4.69, 9.17) is 9.47 Å². The summed E-state index contributed by atoms with van der Waals surface area (Å²) in [6.45, 7) is 5.79. The minimum atomic E-state index is -0.478. The Morgan fingerprint density at radius 1 is 1.13 bits per heavy atom. The van der Waals surface area contributed by atoms with Crippen LogP contribution in [0.25, 0.3) is 0 Å². The van der Waals surface area contributed by atoms with E-state index >= 15 is 0 Å². The lowest BCUT2D eigenvalue weighted by molar-refractivity contribution is -0.122. The molecule has 1 heterocycles. The number of nitrogens with zero attached hydrogens (tertiary/aromatic N) is 1. The van der Waals surface area contributed by atoms with Gasteiger partial charge in [0.25, 0.3) is 0 Å². The third-order valence-electron chi connectivity index (χ3n) is 4.85. The Bertz CT molecular complexity index is 953. The predicted molar refractivity (Wildman–Crippen MR) is 114 cm³/mol. The van der Waals surface area contributed by atoms with Gasteiger partial charge in [0.1, 0.15) is 5.75 Å². The van der Waals surface area contributed by atoms with Gasteiger partial charge in [-0.1, -0.05) is 6.07 Å². The number of benzene rings is 2. The zero-order chi connectivity index (χ0) is 21.8. The highest BCUT2D eigenvalue weighted by Gasteiger charge is 2.36. The molecule has 30 heavy (non-hydrogen) atoms. The minimum absolute atomic E-state index is 0.120. The summed E-state index contributed by atoms with van der Waals surface area (Å²) in [5.74, 6) is -0.653. The van der Waals surface area contributed by atoms with Crippen LogP contribution in [0.3, 0.4) is 0 Å². The van der Waals surface area contributed by atoms with Crippen LogP contribution in [0, 0.1) is 12.8 Å². The molecule has 1 aliphatic rings. The van der Waals surface area contributed by atoms with Gasteiger partial charge in [0.2, 0.25) is 11.8 Å². The maximum Gasteiger partial charge on any atom is 0.338 e. The molecule has 7 nitrogen and oxygen atoms in total. The summed E-state index contributed by atoms with van der Waals surface area (Å²) in [6, 6.07) is 12.1. The maximum absolute atomic E-state index is 12.7. The molecule has 0 spiro atoms. The number of carbonyl (C=O) groups excluding carboxylic acids is 3. The Labute approximate surface area is 176 Å². The van der Waals surface area contributed by atoms with Crippen molar-refractivity contribution < 1.29 is 23.9 Å². The highest BCUT2D eigenvalue weighted by atomic mass is 16.5. The van der Waals surface area contributed by atoms with Crippen LogP contribution in [0.4, 0.5) is 11.4 Å². The van der Waals surface area contributed by atoms with Crippen LogP contribution in [0.2, 0.25) is 0 Å². The fourth-order valence-electron chi connectivity index (χ4n) is 3.34. The second-order valence-corrected chi connectivity index (χ2v) is 7.60. The smallest absolute Gasteiger partial charge is 0.338 e. The van der Waals surface area contributed by atoms with Crippen LogP contribution in [-0.2, 0) is 14.3 Å². The summed E-state index contributed by atoms with van der Waals surface area (Å²) in [4.78, 5) is 38.8. The number of ether oxygens (including phenoxy) is 2. The molecule has 0 bridgehead atoms. The van der Waals surface area contributed by atoms with Crippen LogP contribution in [-0.4, -0.2) is 37.5 Å². The first-order chi connectivity index (χ1) is 14.3. The van der Waals surface area contributed by atoms with E-state index in [1.807, 2.05) is 25.1 Å². The molecular weight excluding hydrogens is 384 g/mol. The van der Waals surface area contributed by atoms with Crippen molar-refractivity contribution in [3.63, 3.8) is 0 Å². The van der Waals surface area contributed by atoms with E-state index < -0.39 is 11.9 Å². The summed E-state index contributed by atoms with van der Waals surface area (Å²) >= 11 is 0. The lowest BCUT2D eigenvalue weighted by Gasteiger charge is -2.20. The molecule has 2 aromatic rings. The molecule has 0 saturated carbocycles. The van der Waals surface area contributed by atoms with Gasteiger partial charge in [-0.05, 0) is 62.7 Å². The summed E-state index contributed by atoms with van der Waals surface area (Å²) in [7, 11) is 1.56. The molecule has 3 rings (SSSR count). The lowest BCUT2D eigenvalue weighted by atomic mass is 10.1. The number of carbonyl (C=O) groups is 3. The van der Waals surface area contributed by atoms with Crippen LogP contribution in [0.1, 0.15) is 36.2 Å². The standard InChI is InChI=1S/C23H26N2O5/c1-14(2)30-23(28)16-6-8-18(9-7-16)24-22(27)17-12-21(26)25(13-17)19-11-15(3)5-10-20(19)29-4/h5-11,14,17H,12-13H2,1-4H3,(H,24,27). The number of amides is 2.